The second kappa shape index (κ2) is 41.5. The molecule has 0 atom stereocenters. The number of esters is 2. The molecule has 0 saturated carbocycles. The van der Waals surface area contributed by atoms with Gasteiger partial charge in [0.1, 0.15) is 13.2 Å². The van der Waals surface area contributed by atoms with Crippen LogP contribution in [-0.2, 0) is 23.9 Å². The summed E-state index contributed by atoms with van der Waals surface area (Å²) in [5.74, 6) is -0.328. The molecular formula is C49H96N2O5. The van der Waals surface area contributed by atoms with Crippen LogP contribution < -0.4 is 0 Å². The van der Waals surface area contributed by atoms with Crippen molar-refractivity contribution in [1.82, 2.24) is 9.80 Å². The number of unbranched alkanes of at least 4 members (excludes halogenated alkanes) is 24. The molecule has 0 spiro atoms. The third-order valence-corrected chi connectivity index (χ3v) is 11.6. The molecule has 56 heavy (non-hydrogen) atoms. The summed E-state index contributed by atoms with van der Waals surface area (Å²) in [6.45, 7) is 10.7. The summed E-state index contributed by atoms with van der Waals surface area (Å²) < 4.78 is 11.8. The molecule has 332 valence electrons. The van der Waals surface area contributed by atoms with Gasteiger partial charge in [-0.3, -0.25) is 14.4 Å². The predicted octanol–water partition coefficient (Wildman–Crippen LogP) is 13.6. The average molecular weight is 793 g/mol. The summed E-state index contributed by atoms with van der Waals surface area (Å²) in [5.41, 5.74) is 0. The van der Waals surface area contributed by atoms with Crippen LogP contribution in [0.4, 0.5) is 0 Å². The molecule has 1 amide bonds. The van der Waals surface area contributed by atoms with Gasteiger partial charge in [-0.25, -0.2) is 0 Å². The van der Waals surface area contributed by atoms with Gasteiger partial charge in [-0.05, 0) is 39.8 Å². The zero-order valence-corrected chi connectivity index (χ0v) is 38.5. The molecular weight excluding hydrogens is 697 g/mol. The van der Waals surface area contributed by atoms with Crippen LogP contribution >= 0.6 is 0 Å². The van der Waals surface area contributed by atoms with Gasteiger partial charge in [0, 0.05) is 13.0 Å². The number of ether oxygens (including phenoxy) is 2. The van der Waals surface area contributed by atoms with Crippen LogP contribution in [-0.4, -0.2) is 74.6 Å². The largest absolute Gasteiger partial charge is 0.464 e. The van der Waals surface area contributed by atoms with E-state index in [2.05, 4.69) is 27.7 Å². The fourth-order valence-electron chi connectivity index (χ4n) is 7.74. The van der Waals surface area contributed by atoms with Crippen molar-refractivity contribution in [3.8, 4) is 0 Å². The van der Waals surface area contributed by atoms with E-state index in [9.17, 15) is 14.4 Å². The molecule has 0 aromatic rings. The molecule has 0 unspecified atom stereocenters. The molecule has 0 saturated heterocycles. The Morgan fingerprint density at radius 3 is 0.929 bits per heavy atom. The van der Waals surface area contributed by atoms with Gasteiger partial charge in [0.25, 0.3) is 0 Å². The van der Waals surface area contributed by atoms with Crippen LogP contribution in [0.2, 0.25) is 0 Å². The molecule has 0 heterocycles. The van der Waals surface area contributed by atoms with Gasteiger partial charge in [0.2, 0.25) is 5.91 Å². The Morgan fingerprint density at radius 2 is 0.661 bits per heavy atom. The van der Waals surface area contributed by atoms with Gasteiger partial charge in [0.05, 0.1) is 24.9 Å². The topological polar surface area (TPSA) is 76.1 Å². The molecule has 0 fully saturated rings. The first-order valence-corrected chi connectivity index (χ1v) is 24.6. The Morgan fingerprint density at radius 1 is 0.393 bits per heavy atom. The van der Waals surface area contributed by atoms with E-state index in [-0.39, 0.29) is 42.9 Å². The molecule has 0 aliphatic carbocycles. The van der Waals surface area contributed by atoms with E-state index >= 15 is 0 Å². The minimum atomic E-state index is -0.104. The smallest absolute Gasteiger partial charge is 0.308 e. The maximum atomic E-state index is 13.4. The van der Waals surface area contributed by atoms with Crippen molar-refractivity contribution < 1.29 is 23.9 Å². The lowest BCUT2D eigenvalue weighted by Crippen LogP contribution is -2.39. The van der Waals surface area contributed by atoms with Crippen LogP contribution in [0.15, 0.2) is 0 Å². The Bertz CT molecular complexity index is 787. The van der Waals surface area contributed by atoms with E-state index in [4.69, 9.17) is 9.47 Å². The van der Waals surface area contributed by atoms with Gasteiger partial charge in [-0.1, -0.05) is 207 Å². The standard InChI is InChI=1S/C49H96N2O5/c1-7-11-15-19-23-27-31-35-45(36-32-28-24-20-16-12-8-2)48(53)55-43-41-51(47(52)39-40-50(5)6)42-44-56-49(54)46(37-33-29-25-21-17-13-9-3)38-34-30-26-22-18-14-10-4/h45-46H,7-44H2,1-6H3. The van der Waals surface area contributed by atoms with E-state index in [0.29, 0.717) is 26.1 Å². The lowest BCUT2D eigenvalue weighted by atomic mass is 9.94. The van der Waals surface area contributed by atoms with Crippen molar-refractivity contribution >= 4 is 17.8 Å². The minimum Gasteiger partial charge on any atom is -0.464 e. The SMILES string of the molecule is CCCCCCCCCC(CCCCCCCCC)C(=O)OCCN(CCOC(=O)C(CCCCCCCCC)CCCCCCCCC)C(=O)CCN(C)C. The number of hydrogen-bond acceptors (Lipinski definition) is 6. The third-order valence-electron chi connectivity index (χ3n) is 11.6. The number of carbonyl (C=O) groups excluding carboxylic acids is 3. The first-order valence-electron chi connectivity index (χ1n) is 24.6. The van der Waals surface area contributed by atoms with Gasteiger partial charge in [-0.2, -0.15) is 0 Å². The molecule has 0 bridgehead atoms. The number of nitrogens with zero attached hydrogens (tertiary/aromatic N) is 2. The van der Waals surface area contributed by atoms with Crippen LogP contribution in [0.5, 0.6) is 0 Å². The summed E-state index contributed by atoms with van der Waals surface area (Å²) in [5, 5.41) is 0. The third kappa shape index (κ3) is 34.4. The monoisotopic (exact) mass is 793 g/mol. The quantitative estimate of drug-likeness (QED) is 0.0452. The first-order chi connectivity index (χ1) is 27.3. The molecule has 0 rings (SSSR count). The lowest BCUT2D eigenvalue weighted by molar-refractivity contribution is -0.152. The van der Waals surface area contributed by atoms with Crippen molar-refractivity contribution in [3.05, 3.63) is 0 Å². The lowest BCUT2D eigenvalue weighted by Gasteiger charge is -2.25. The van der Waals surface area contributed by atoms with E-state index in [1.54, 1.807) is 4.90 Å². The molecule has 0 aromatic carbocycles. The Kier molecular flexibility index (Phi) is 40.3. The number of rotatable bonds is 43. The van der Waals surface area contributed by atoms with E-state index in [1.807, 2.05) is 19.0 Å². The molecule has 0 aromatic heterocycles. The van der Waals surface area contributed by atoms with Gasteiger partial charge in [-0.15, -0.1) is 0 Å². The van der Waals surface area contributed by atoms with Gasteiger partial charge in [0.15, 0.2) is 0 Å². The summed E-state index contributed by atoms with van der Waals surface area (Å²) in [6, 6.07) is 0. The van der Waals surface area contributed by atoms with Gasteiger partial charge >= 0.3 is 11.9 Å². The highest BCUT2D eigenvalue weighted by molar-refractivity contribution is 5.76. The second-order valence-electron chi connectivity index (χ2n) is 17.3. The van der Waals surface area contributed by atoms with E-state index in [0.717, 1.165) is 51.4 Å². The molecule has 0 radical (unpaired) electrons. The van der Waals surface area contributed by atoms with Crippen LogP contribution in [0.1, 0.15) is 240 Å². The highest BCUT2D eigenvalue weighted by Crippen LogP contribution is 2.23. The van der Waals surface area contributed by atoms with E-state index in [1.165, 1.54) is 154 Å². The normalized spacial score (nSPS) is 11.6. The number of amides is 1. The summed E-state index contributed by atoms with van der Waals surface area (Å²) in [7, 11) is 3.93. The maximum Gasteiger partial charge on any atom is 0.308 e. The molecule has 0 N–H and O–H groups in total. The zero-order valence-electron chi connectivity index (χ0n) is 38.5. The van der Waals surface area contributed by atoms with Crippen molar-refractivity contribution in [2.45, 2.75) is 240 Å². The second-order valence-corrected chi connectivity index (χ2v) is 17.3. The zero-order chi connectivity index (χ0) is 41.3. The Labute approximate surface area is 348 Å². The van der Waals surface area contributed by atoms with Crippen molar-refractivity contribution in [2.75, 3.05) is 46.9 Å². The highest BCUT2D eigenvalue weighted by atomic mass is 16.5. The fourth-order valence-corrected chi connectivity index (χ4v) is 7.74. The first kappa shape index (κ1) is 54.4. The molecule has 0 aliphatic heterocycles. The van der Waals surface area contributed by atoms with Crippen LogP contribution in [0.3, 0.4) is 0 Å². The summed E-state index contributed by atoms with van der Waals surface area (Å²) in [6.07, 6.45) is 38.6. The van der Waals surface area contributed by atoms with Gasteiger partial charge < -0.3 is 19.3 Å². The molecule has 7 heteroatoms. The Balaban J connectivity index is 5.21. The molecule has 7 nitrogen and oxygen atoms in total. The highest BCUT2D eigenvalue weighted by Gasteiger charge is 2.23. The van der Waals surface area contributed by atoms with Crippen LogP contribution in [0.25, 0.3) is 0 Å². The summed E-state index contributed by atoms with van der Waals surface area (Å²) in [4.78, 5) is 44.0. The van der Waals surface area contributed by atoms with Crippen LogP contribution in [0, 0.1) is 11.8 Å². The summed E-state index contributed by atoms with van der Waals surface area (Å²) >= 11 is 0. The fraction of sp³-hybridized carbons (Fsp3) is 0.939. The average Bonchev–Trinajstić information content (AvgIpc) is 3.19. The van der Waals surface area contributed by atoms with E-state index < -0.39 is 0 Å². The number of hydrogen-bond donors (Lipinski definition) is 0. The maximum absolute atomic E-state index is 13.4. The Hall–Kier alpha value is -1.63. The predicted molar refractivity (Wildman–Crippen MR) is 239 cm³/mol. The van der Waals surface area contributed by atoms with Crippen molar-refractivity contribution in [3.63, 3.8) is 0 Å². The molecule has 0 aliphatic rings. The number of carbonyl (C=O) groups is 3. The van der Waals surface area contributed by atoms with Crippen molar-refractivity contribution in [1.29, 1.82) is 0 Å². The van der Waals surface area contributed by atoms with Crippen molar-refractivity contribution in [2.24, 2.45) is 11.8 Å². The minimum absolute atomic E-state index is 0.0104.